The lowest BCUT2D eigenvalue weighted by Crippen LogP contribution is -2.40. The third-order valence-electron chi connectivity index (χ3n) is 4.55. The fraction of sp³-hybridized carbons (Fsp3) is 0.588. The van der Waals surface area contributed by atoms with Crippen LogP contribution in [0, 0.1) is 12.8 Å². The monoisotopic (exact) mass is 413 g/mol. The van der Waals surface area contributed by atoms with Crippen LogP contribution >= 0.6 is 11.3 Å². The summed E-state index contributed by atoms with van der Waals surface area (Å²) in [6, 6.07) is 1.61. The molecule has 10 heteroatoms. The maximum Gasteiger partial charge on any atom is 0.309 e. The lowest BCUT2D eigenvalue weighted by atomic mass is 9.98. The second kappa shape index (κ2) is 8.07. The van der Waals surface area contributed by atoms with E-state index >= 15 is 0 Å². The third kappa shape index (κ3) is 4.07. The van der Waals surface area contributed by atoms with Crippen molar-refractivity contribution in [3.05, 3.63) is 16.8 Å². The van der Waals surface area contributed by atoms with Gasteiger partial charge in [-0.1, -0.05) is 12.1 Å². The van der Waals surface area contributed by atoms with Gasteiger partial charge in [-0.15, -0.1) is 11.3 Å². The van der Waals surface area contributed by atoms with Crippen LogP contribution in [0.15, 0.2) is 15.5 Å². The minimum atomic E-state index is -3.63. The van der Waals surface area contributed by atoms with Crippen molar-refractivity contribution in [1.82, 2.24) is 14.4 Å². The van der Waals surface area contributed by atoms with Gasteiger partial charge in [0.05, 0.1) is 22.3 Å². The third-order valence-corrected chi connectivity index (χ3v) is 7.76. The normalized spacial score (nSPS) is 16.6. The summed E-state index contributed by atoms with van der Waals surface area (Å²) in [5, 5.41) is 3.92. The summed E-state index contributed by atoms with van der Waals surface area (Å²) in [7, 11) is -3.63. The summed E-state index contributed by atoms with van der Waals surface area (Å²) < 4.78 is 37.7. The van der Waals surface area contributed by atoms with Crippen molar-refractivity contribution in [1.29, 1.82) is 0 Å². The Kier molecular flexibility index (Phi) is 5.97. The molecule has 1 saturated heterocycles. The maximum atomic E-state index is 13.1. The van der Waals surface area contributed by atoms with Gasteiger partial charge in [0.25, 0.3) is 0 Å². The van der Waals surface area contributed by atoms with Crippen molar-refractivity contribution in [2.24, 2.45) is 5.92 Å². The molecule has 0 N–H and O–H groups in total. The van der Waals surface area contributed by atoms with E-state index in [4.69, 9.17) is 9.26 Å². The summed E-state index contributed by atoms with van der Waals surface area (Å²) in [5.74, 6) is 0.443. The van der Waals surface area contributed by atoms with Gasteiger partial charge >= 0.3 is 5.97 Å². The molecule has 8 nitrogen and oxygen atoms in total. The molecule has 0 unspecified atom stereocenters. The molecule has 148 valence electrons. The number of carbonyl (C=O) groups excluding carboxylic acids is 1. The smallest absolute Gasteiger partial charge is 0.309 e. The summed E-state index contributed by atoms with van der Waals surface area (Å²) in [6.45, 7) is 6.39. The van der Waals surface area contributed by atoms with Gasteiger partial charge in [-0.2, -0.15) is 9.29 Å². The summed E-state index contributed by atoms with van der Waals surface area (Å²) in [4.78, 5) is 17.7. The minimum absolute atomic E-state index is 0.234. The predicted molar refractivity (Wildman–Crippen MR) is 99.8 cm³/mol. The standard InChI is InChI=1S/C17H23N3O5S2/c1-4-15-18-16(19-25-15)13-10-14(11(3)26-13)27(22,23)20-8-6-12(7-9-20)17(21)24-5-2/h10,12H,4-9H2,1-3H3. The molecule has 3 rings (SSSR count). The number of nitrogens with zero attached hydrogens (tertiary/aromatic N) is 3. The SMILES string of the molecule is CCOC(=O)C1CCN(S(=O)(=O)c2cc(-c3noc(CC)n3)sc2C)CC1. The molecule has 0 atom stereocenters. The Balaban J connectivity index is 1.77. The molecule has 3 heterocycles. The van der Waals surface area contributed by atoms with Crippen molar-refractivity contribution < 1.29 is 22.5 Å². The predicted octanol–water partition coefficient (Wildman–Crippen LogP) is 2.63. The average Bonchev–Trinajstić information content (AvgIpc) is 3.28. The van der Waals surface area contributed by atoms with Crippen LogP contribution < -0.4 is 0 Å². The molecule has 0 saturated carbocycles. The van der Waals surface area contributed by atoms with Crippen LogP contribution in [0.2, 0.25) is 0 Å². The molecule has 1 aliphatic rings. The summed E-state index contributed by atoms with van der Waals surface area (Å²) in [5.41, 5.74) is 0. The van der Waals surface area contributed by atoms with Crippen LogP contribution in [-0.2, 0) is 26.0 Å². The summed E-state index contributed by atoms with van der Waals surface area (Å²) >= 11 is 1.33. The van der Waals surface area contributed by atoms with Crippen molar-refractivity contribution in [3.8, 4) is 10.7 Å². The first kappa shape index (κ1) is 20.0. The van der Waals surface area contributed by atoms with Crippen LogP contribution in [-0.4, -0.2) is 48.5 Å². The molecular weight excluding hydrogens is 390 g/mol. The van der Waals surface area contributed by atoms with E-state index in [1.807, 2.05) is 6.92 Å². The van der Waals surface area contributed by atoms with Gasteiger partial charge in [-0.3, -0.25) is 4.79 Å². The summed E-state index contributed by atoms with van der Waals surface area (Å²) in [6.07, 6.45) is 1.57. The van der Waals surface area contributed by atoms with Crippen molar-refractivity contribution in [2.75, 3.05) is 19.7 Å². The molecule has 0 amide bonds. The number of piperidine rings is 1. The fourth-order valence-electron chi connectivity index (χ4n) is 3.06. The van der Waals surface area contributed by atoms with Crippen molar-refractivity contribution in [2.45, 2.75) is 44.9 Å². The fourth-order valence-corrected chi connectivity index (χ4v) is 6.02. The highest BCUT2D eigenvalue weighted by atomic mass is 32.2. The Morgan fingerprint density at radius 1 is 1.37 bits per heavy atom. The Bertz CT molecular complexity index is 911. The van der Waals surface area contributed by atoms with Crippen LogP contribution in [0.5, 0.6) is 0 Å². The van der Waals surface area contributed by atoms with E-state index in [2.05, 4.69) is 10.1 Å². The van der Waals surface area contributed by atoms with Gasteiger partial charge in [0.1, 0.15) is 0 Å². The number of thiophene rings is 1. The maximum absolute atomic E-state index is 13.1. The lowest BCUT2D eigenvalue weighted by molar-refractivity contribution is -0.149. The van der Waals surface area contributed by atoms with E-state index in [1.165, 1.54) is 15.6 Å². The Morgan fingerprint density at radius 2 is 2.07 bits per heavy atom. The molecule has 27 heavy (non-hydrogen) atoms. The van der Waals surface area contributed by atoms with Crippen molar-refractivity contribution in [3.63, 3.8) is 0 Å². The van der Waals surface area contributed by atoms with Crippen LogP contribution in [0.1, 0.15) is 37.5 Å². The quantitative estimate of drug-likeness (QED) is 0.671. The number of aryl methyl sites for hydroxylation is 2. The minimum Gasteiger partial charge on any atom is -0.466 e. The molecule has 0 aromatic carbocycles. The molecule has 0 bridgehead atoms. The van der Waals surface area contributed by atoms with Crippen LogP contribution in [0.4, 0.5) is 0 Å². The van der Waals surface area contributed by atoms with Gasteiger partial charge in [-0.05, 0) is 32.8 Å². The number of sulfonamides is 1. The second-order valence-corrected chi connectivity index (χ2v) is 9.49. The zero-order valence-electron chi connectivity index (χ0n) is 15.6. The van der Waals surface area contributed by atoms with Gasteiger partial charge in [0.2, 0.25) is 21.7 Å². The van der Waals surface area contributed by atoms with Crippen LogP contribution in [0.25, 0.3) is 10.7 Å². The number of ether oxygens (including phenoxy) is 1. The van der Waals surface area contributed by atoms with Gasteiger partial charge in [0.15, 0.2) is 0 Å². The second-order valence-electron chi connectivity index (χ2n) is 6.33. The number of esters is 1. The number of hydrogen-bond donors (Lipinski definition) is 0. The Hall–Kier alpha value is -1.78. The lowest BCUT2D eigenvalue weighted by Gasteiger charge is -2.30. The number of aromatic nitrogens is 2. The van der Waals surface area contributed by atoms with Crippen LogP contribution in [0.3, 0.4) is 0 Å². The zero-order chi connectivity index (χ0) is 19.6. The largest absolute Gasteiger partial charge is 0.466 e. The van der Waals surface area contributed by atoms with E-state index in [0.717, 1.165) is 0 Å². The first-order valence-corrected chi connectivity index (χ1v) is 11.2. The highest BCUT2D eigenvalue weighted by molar-refractivity contribution is 7.89. The van der Waals surface area contributed by atoms with E-state index in [-0.39, 0.29) is 16.8 Å². The molecule has 1 fully saturated rings. The average molecular weight is 414 g/mol. The number of rotatable bonds is 6. The molecule has 2 aromatic heterocycles. The van der Waals surface area contributed by atoms with Gasteiger partial charge in [0, 0.05) is 24.4 Å². The molecule has 2 aromatic rings. The first-order valence-electron chi connectivity index (χ1n) is 8.97. The van der Waals surface area contributed by atoms with E-state index in [1.54, 1.807) is 19.9 Å². The Labute approximate surface area is 162 Å². The van der Waals surface area contributed by atoms with E-state index in [0.29, 0.717) is 60.4 Å². The first-order chi connectivity index (χ1) is 12.9. The van der Waals surface area contributed by atoms with Gasteiger partial charge < -0.3 is 9.26 Å². The van der Waals surface area contributed by atoms with Gasteiger partial charge in [-0.25, -0.2) is 8.42 Å². The number of hydrogen-bond acceptors (Lipinski definition) is 8. The van der Waals surface area contributed by atoms with E-state index < -0.39 is 10.0 Å². The zero-order valence-corrected chi connectivity index (χ0v) is 17.2. The number of carbonyl (C=O) groups is 1. The highest BCUT2D eigenvalue weighted by Gasteiger charge is 2.34. The highest BCUT2D eigenvalue weighted by Crippen LogP contribution is 2.35. The Morgan fingerprint density at radius 3 is 2.67 bits per heavy atom. The molecule has 0 spiro atoms. The topological polar surface area (TPSA) is 103 Å². The van der Waals surface area contributed by atoms with Crippen molar-refractivity contribution >= 4 is 27.3 Å². The molecule has 0 radical (unpaired) electrons. The molecule has 0 aliphatic carbocycles. The van der Waals surface area contributed by atoms with E-state index in [9.17, 15) is 13.2 Å². The molecular formula is C17H23N3O5S2. The molecule has 1 aliphatic heterocycles.